The van der Waals surface area contributed by atoms with E-state index in [1.807, 2.05) is 11.8 Å². The molecule has 116 valence electrons. The Bertz CT molecular complexity index is 339. The number of nitrogens with one attached hydrogen (secondary N) is 1. The highest BCUT2D eigenvalue weighted by Crippen LogP contribution is 2.32. The topological polar surface area (TPSA) is 33.6 Å². The molecule has 4 heteroatoms. The molecule has 0 aromatic carbocycles. The summed E-state index contributed by atoms with van der Waals surface area (Å²) in [5, 5.41) is 4.85. The highest BCUT2D eigenvalue weighted by atomic mass is 32.2. The summed E-state index contributed by atoms with van der Waals surface area (Å²) in [5.74, 6) is 1.88. The molecule has 0 aromatic heterocycles. The first-order valence-electron chi connectivity index (χ1n) is 8.18. The summed E-state index contributed by atoms with van der Waals surface area (Å²) in [6.07, 6.45) is 5.65. The molecule has 1 fully saturated rings. The molecule has 2 unspecified atom stereocenters. The smallest absolute Gasteiger partial charge is 0.157 e. The molecule has 2 aliphatic rings. The zero-order chi connectivity index (χ0) is 14.6. The Morgan fingerprint density at radius 1 is 1.40 bits per heavy atom. The first-order chi connectivity index (χ1) is 9.57. The third-order valence-electron chi connectivity index (χ3n) is 4.56. The van der Waals surface area contributed by atoms with E-state index in [2.05, 4.69) is 33.0 Å². The molecule has 1 saturated heterocycles. The molecule has 0 radical (unpaired) electrons. The van der Waals surface area contributed by atoms with Crippen LogP contribution in [-0.4, -0.2) is 35.2 Å². The zero-order valence-electron chi connectivity index (χ0n) is 13.4. The summed E-state index contributed by atoms with van der Waals surface area (Å²) in [4.78, 5) is 4.85. The summed E-state index contributed by atoms with van der Waals surface area (Å²) in [7, 11) is 0. The van der Waals surface area contributed by atoms with Crippen molar-refractivity contribution in [1.29, 1.82) is 0 Å². The van der Waals surface area contributed by atoms with Crippen LogP contribution in [-0.2, 0) is 4.74 Å². The van der Waals surface area contributed by atoms with Crippen LogP contribution in [0, 0.1) is 5.92 Å². The van der Waals surface area contributed by atoms with E-state index in [9.17, 15) is 0 Å². The maximum absolute atomic E-state index is 6.05. The molecule has 1 N–H and O–H groups in total. The van der Waals surface area contributed by atoms with Gasteiger partial charge in [0.15, 0.2) is 5.17 Å². The van der Waals surface area contributed by atoms with Gasteiger partial charge in [-0.25, -0.2) is 0 Å². The molecule has 0 spiro atoms. The third kappa shape index (κ3) is 4.14. The van der Waals surface area contributed by atoms with Gasteiger partial charge in [-0.2, -0.15) is 0 Å². The van der Waals surface area contributed by atoms with Crippen LogP contribution in [0.4, 0.5) is 0 Å². The number of amidine groups is 1. The summed E-state index contributed by atoms with van der Waals surface area (Å²) in [5.41, 5.74) is 0.0943. The van der Waals surface area contributed by atoms with Gasteiger partial charge in [-0.1, -0.05) is 39.5 Å². The number of aliphatic imine (C=N–C) groups is 1. The fourth-order valence-electron chi connectivity index (χ4n) is 3.23. The average molecular weight is 298 g/mol. The minimum atomic E-state index is 0.0943. The van der Waals surface area contributed by atoms with Crippen molar-refractivity contribution in [2.45, 2.75) is 77.5 Å². The Kier molecular flexibility index (Phi) is 5.79. The molecular formula is C16H30N2OS. The molecule has 0 saturated carbocycles. The van der Waals surface area contributed by atoms with Crippen LogP contribution < -0.4 is 5.32 Å². The van der Waals surface area contributed by atoms with E-state index in [0.29, 0.717) is 12.1 Å². The van der Waals surface area contributed by atoms with E-state index in [1.54, 1.807) is 0 Å². The average Bonchev–Trinajstić information content (AvgIpc) is 2.85. The Balaban J connectivity index is 1.87. The zero-order valence-corrected chi connectivity index (χ0v) is 14.3. The summed E-state index contributed by atoms with van der Waals surface area (Å²) in [6.45, 7) is 9.92. The Hall–Kier alpha value is -0.220. The normalized spacial score (nSPS) is 29.6. The van der Waals surface area contributed by atoms with Crippen molar-refractivity contribution in [3.05, 3.63) is 0 Å². The van der Waals surface area contributed by atoms with Gasteiger partial charge in [-0.05, 0) is 38.0 Å². The number of thioether (sulfide) groups is 1. The van der Waals surface area contributed by atoms with Crippen LogP contribution in [0.25, 0.3) is 0 Å². The quantitative estimate of drug-likeness (QED) is 0.837. The molecule has 0 aliphatic carbocycles. The number of hydrogen-bond donors (Lipinski definition) is 1. The van der Waals surface area contributed by atoms with Crippen LogP contribution in [0.3, 0.4) is 0 Å². The number of rotatable bonds is 5. The molecule has 0 aromatic rings. The molecule has 2 rings (SSSR count). The number of hydrogen-bond acceptors (Lipinski definition) is 4. The number of ether oxygens (including phenoxy) is 1. The molecule has 2 atom stereocenters. The van der Waals surface area contributed by atoms with Gasteiger partial charge in [0.1, 0.15) is 0 Å². The molecular weight excluding hydrogens is 268 g/mol. The molecule has 2 heterocycles. The van der Waals surface area contributed by atoms with E-state index in [0.717, 1.165) is 44.0 Å². The van der Waals surface area contributed by atoms with Gasteiger partial charge >= 0.3 is 0 Å². The number of nitrogens with zero attached hydrogens (tertiary/aromatic N) is 1. The van der Waals surface area contributed by atoms with Crippen LogP contribution in [0.2, 0.25) is 0 Å². The van der Waals surface area contributed by atoms with Gasteiger partial charge in [0.25, 0.3) is 0 Å². The minimum absolute atomic E-state index is 0.0943. The minimum Gasteiger partial charge on any atom is -0.375 e. The predicted molar refractivity (Wildman–Crippen MR) is 88.6 cm³/mol. The second kappa shape index (κ2) is 7.17. The predicted octanol–water partition coefficient (Wildman–Crippen LogP) is 3.83. The highest BCUT2D eigenvalue weighted by molar-refractivity contribution is 8.14. The van der Waals surface area contributed by atoms with Crippen molar-refractivity contribution >= 4 is 16.9 Å². The van der Waals surface area contributed by atoms with Gasteiger partial charge in [0, 0.05) is 18.4 Å². The van der Waals surface area contributed by atoms with Crippen molar-refractivity contribution in [3.63, 3.8) is 0 Å². The lowest BCUT2D eigenvalue weighted by Crippen LogP contribution is -2.47. The lowest BCUT2D eigenvalue weighted by atomic mass is 9.86. The lowest BCUT2D eigenvalue weighted by Gasteiger charge is -2.40. The Labute approximate surface area is 128 Å². The standard InChI is InChI=1S/C16H30N2OS/c1-5-16(6-2)10-13(7-8-19-16)17-15-18-14(11-20-15)9-12(3)4/h12-14H,5-11H2,1-4H3,(H,17,18). The van der Waals surface area contributed by atoms with Gasteiger partial charge < -0.3 is 10.1 Å². The van der Waals surface area contributed by atoms with Gasteiger partial charge in [0.2, 0.25) is 0 Å². The van der Waals surface area contributed by atoms with Gasteiger partial charge in [-0.15, -0.1) is 0 Å². The van der Waals surface area contributed by atoms with Crippen molar-refractivity contribution in [3.8, 4) is 0 Å². The maximum atomic E-state index is 6.05. The summed E-state index contributed by atoms with van der Waals surface area (Å²) in [6, 6.07) is 1.05. The summed E-state index contributed by atoms with van der Waals surface area (Å²) >= 11 is 1.90. The molecule has 0 bridgehead atoms. The van der Waals surface area contributed by atoms with Crippen LogP contribution in [0.15, 0.2) is 4.99 Å². The SMILES string of the molecule is CCC1(CC)CC(NC2=NC(CC(C)C)CS2)CCO1. The van der Waals surface area contributed by atoms with E-state index in [1.165, 1.54) is 11.6 Å². The third-order valence-corrected chi connectivity index (χ3v) is 5.61. The molecule has 3 nitrogen and oxygen atoms in total. The van der Waals surface area contributed by atoms with Crippen LogP contribution >= 0.6 is 11.8 Å². The molecule has 2 aliphatic heterocycles. The lowest BCUT2D eigenvalue weighted by molar-refractivity contribution is -0.0909. The van der Waals surface area contributed by atoms with Gasteiger partial charge in [-0.3, -0.25) is 4.99 Å². The van der Waals surface area contributed by atoms with Crippen LogP contribution in [0.5, 0.6) is 0 Å². The fraction of sp³-hybridized carbons (Fsp3) is 0.938. The first-order valence-corrected chi connectivity index (χ1v) is 9.16. The van der Waals surface area contributed by atoms with Crippen molar-refractivity contribution in [2.24, 2.45) is 10.9 Å². The van der Waals surface area contributed by atoms with E-state index in [4.69, 9.17) is 9.73 Å². The first kappa shape index (κ1) is 16.2. The molecule has 20 heavy (non-hydrogen) atoms. The second-order valence-corrected chi connectivity index (χ2v) is 7.61. The Morgan fingerprint density at radius 2 is 2.15 bits per heavy atom. The largest absolute Gasteiger partial charge is 0.375 e. The van der Waals surface area contributed by atoms with Crippen LogP contribution in [0.1, 0.15) is 59.8 Å². The van der Waals surface area contributed by atoms with E-state index < -0.39 is 0 Å². The monoisotopic (exact) mass is 298 g/mol. The highest BCUT2D eigenvalue weighted by Gasteiger charge is 2.35. The second-order valence-electron chi connectivity index (χ2n) is 6.60. The Morgan fingerprint density at radius 3 is 2.80 bits per heavy atom. The fourth-order valence-corrected chi connectivity index (χ4v) is 4.26. The van der Waals surface area contributed by atoms with Crippen molar-refractivity contribution < 1.29 is 4.74 Å². The molecule has 0 amide bonds. The van der Waals surface area contributed by atoms with Crippen molar-refractivity contribution in [2.75, 3.05) is 12.4 Å². The maximum Gasteiger partial charge on any atom is 0.157 e. The summed E-state index contributed by atoms with van der Waals surface area (Å²) < 4.78 is 6.05. The van der Waals surface area contributed by atoms with Gasteiger partial charge in [0.05, 0.1) is 11.6 Å². The van der Waals surface area contributed by atoms with Crippen molar-refractivity contribution in [1.82, 2.24) is 5.32 Å². The van der Waals surface area contributed by atoms with E-state index >= 15 is 0 Å². The van der Waals surface area contributed by atoms with E-state index in [-0.39, 0.29) is 5.60 Å².